The number of hydrogen-bond donors (Lipinski definition) is 2. The Labute approximate surface area is 170 Å². The SMILES string of the molecule is CSc1ccc2nc(C(C)Oc3ccc(CC4SC(=O)NC4=O)cc3)[nH]c2c1. The second-order valence-electron chi connectivity index (χ2n) is 6.50. The largest absolute Gasteiger partial charge is 0.483 e. The van der Waals surface area contributed by atoms with Crippen LogP contribution in [0.15, 0.2) is 47.4 Å². The van der Waals surface area contributed by atoms with E-state index in [0.717, 1.165) is 39.9 Å². The summed E-state index contributed by atoms with van der Waals surface area (Å²) in [5, 5.41) is 1.67. The van der Waals surface area contributed by atoms with E-state index in [1.54, 1.807) is 11.8 Å². The normalized spacial score (nSPS) is 17.7. The molecule has 6 nitrogen and oxygen atoms in total. The van der Waals surface area contributed by atoms with E-state index < -0.39 is 0 Å². The van der Waals surface area contributed by atoms with E-state index >= 15 is 0 Å². The molecule has 1 saturated heterocycles. The number of rotatable bonds is 6. The van der Waals surface area contributed by atoms with Crippen LogP contribution in [0.5, 0.6) is 5.75 Å². The summed E-state index contributed by atoms with van der Waals surface area (Å²) in [5.74, 6) is 1.27. The minimum Gasteiger partial charge on any atom is -0.483 e. The molecule has 0 saturated carbocycles. The van der Waals surface area contributed by atoms with Crippen LogP contribution in [0.1, 0.15) is 24.4 Å². The lowest BCUT2D eigenvalue weighted by atomic mass is 10.1. The van der Waals surface area contributed by atoms with Crippen molar-refractivity contribution in [3.63, 3.8) is 0 Å². The number of nitrogens with zero attached hydrogens (tertiary/aromatic N) is 1. The zero-order chi connectivity index (χ0) is 19.7. The van der Waals surface area contributed by atoms with Gasteiger partial charge in [-0.05, 0) is 55.5 Å². The number of thioether (sulfide) groups is 2. The van der Waals surface area contributed by atoms with Crippen LogP contribution in [0.4, 0.5) is 4.79 Å². The number of aromatic amines is 1. The van der Waals surface area contributed by atoms with Crippen molar-refractivity contribution in [2.45, 2.75) is 29.6 Å². The molecule has 2 unspecified atom stereocenters. The Balaban J connectivity index is 1.42. The number of H-pyrrole nitrogens is 1. The highest BCUT2D eigenvalue weighted by atomic mass is 32.2. The lowest BCUT2D eigenvalue weighted by Gasteiger charge is -2.13. The molecule has 2 amide bonds. The Hall–Kier alpha value is -2.45. The van der Waals surface area contributed by atoms with Crippen LogP contribution in [0, 0.1) is 0 Å². The van der Waals surface area contributed by atoms with Gasteiger partial charge in [-0.25, -0.2) is 4.98 Å². The monoisotopic (exact) mass is 413 g/mol. The Morgan fingerprint density at radius 1 is 1.21 bits per heavy atom. The molecule has 2 atom stereocenters. The molecule has 2 aromatic carbocycles. The predicted molar refractivity (Wildman–Crippen MR) is 112 cm³/mol. The van der Waals surface area contributed by atoms with Gasteiger partial charge < -0.3 is 9.72 Å². The van der Waals surface area contributed by atoms with E-state index in [2.05, 4.69) is 27.4 Å². The molecule has 2 N–H and O–H groups in total. The summed E-state index contributed by atoms with van der Waals surface area (Å²) < 4.78 is 6.01. The van der Waals surface area contributed by atoms with Crippen molar-refractivity contribution in [3.8, 4) is 5.75 Å². The van der Waals surface area contributed by atoms with Gasteiger partial charge in [0.05, 0.1) is 16.3 Å². The second-order valence-corrected chi connectivity index (χ2v) is 8.55. The number of aromatic nitrogens is 2. The van der Waals surface area contributed by atoms with E-state index in [1.807, 2.05) is 43.5 Å². The van der Waals surface area contributed by atoms with E-state index in [1.165, 1.54) is 4.90 Å². The number of imidazole rings is 1. The van der Waals surface area contributed by atoms with E-state index in [-0.39, 0.29) is 22.5 Å². The molecule has 1 aliphatic rings. The summed E-state index contributed by atoms with van der Waals surface area (Å²) in [5.41, 5.74) is 2.89. The van der Waals surface area contributed by atoms with E-state index in [9.17, 15) is 9.59 Å². The Kier molecular flexibility index (Phi) is 5.32. The standard InChI is InChI=1S/C20H19N3O3S2/c1-11(18-21-15-8-7-14(27-2)10-16(15)22-18)26-13-5-3-12(4-6-13)9-17-19(24)23-20(25)28-17/h3-8,10-11,17H,9H2,1-2H3,(H,21,22)(H,23,24,25). The summed E-state index contributed by atoms with van der Waals surface area (Å²) >= 11 is 2.73. The zero-order valence-corrected chi connectivity index (χ0v) is 17.0. The third-order valence-electron chi connectivity index (χ3n) is 4.52. The second kappa shape index (κ2) is 7.89. The van der Waals surface area contributed by atoms with Gasteiger partial charge in [0.15, 0.2) is 6.10 Å². The molecule has 144 valence electrons. The van der Waals surface area contributed by atoms with Crippen molar-refractivity contribution < 1.29 is 14.3 Å². The molecule has 1 fully saturated rings. The molecular weight excluding hydrogens is 394 g/mol. The maximum absolute atomic E-state index is 11.7. The maximum atomic E-state index is 11.7. The van der Waals surface area contributed by atoms with Gasteiger partial charge in [-0.1, -0.05) is 23.9 Å². The van der Waals surface area contributed by atoms with Crippen LogP contribution < -0.4 is 10.1 Å². The molecule has 8 heteroatoms. The van der Waals surface area contributed by atoms with Crippen molar-refractivity contribution in [1.29, 1.82) is 0 Å². The maximum Gasteiger partial charge on any atom is 0.286 e. The van der Waals surface area contributed by atoms with Gasteiger partial charge in [0.1, 0.15) is 11.6 Å². The Morgan fingerprint density at radius 3 is 2.68 bits per heavy atom. The molecular formula is C20H19N3O3S2. The minimum atomic E-state index is -0.361. The number of nitrogens with one attached hydrogen (secondary N) is 2. The van der Waals surface area contributed by atoms with Crippen LogP contribution in [0.3, 0.4) is 0 Å². The van der Waals surface area contributed by atoms with Crippen LogP contribution >= 0.6 is 23.5 Å². The third kappa shape index (κ3) is 4.02. The van der Waals surface area contributed by atoms with Crippen molar-refractivity contribution in [3.05, 3.63) is 53.9 Å². The van der Waals surface area contributed by atoms with Gasteiger partial charge in [0.2, 0.25) is 5.91 Å². The molecule has 0 bridgehead atoms. The summed E-state index contributed by atoms with van der Waals surface area (Å²) in [4.78, 5) is 32.1. The van der Waals surface area contributed by atoms with Crippen molar-refractivity contribution in [1.82, 2.24) is 15.3 Å². The average Bonchev–Trinajstić information content (AvgIpc) is 3.25. The molecule has 3 aromatic rings. The van der Waals surface area contributed by atoms with E-state index in [4.69, 9.17) is 4.74 Å². The number of benzene rings is 2. The van der Waals surface area contributed by atoms with E-state index in [0.29, 0.717) is 6.42 Å². The topological polar surface area (TPSA) is 84.1 Å². The quantitative estimate of drug-likeness (QED) is 0.586. The lowest BCUT2D eigenvalue weighted by molar-refractivity contribution is -0.118. The average molecular weight is 414 g/mol. The first-order valence-corrected chi connectivity index (χ1v) is 10.9. The first-order valence-electron chi connectivity index (χ1n) is 8.82. The number of fused-ring (bicyclic) bond motifs is 1. The highest BCUT2D eigenvalue weighted by Crippen LogP contribution is 2.27. The van der Waals surface area contributed by atoms with Gasteiger partial charge >= 0.3 is 0 Å². The number of carbonyl (C=O) groups excluding carboxylic acids is 2. The van der Waals surface area contributed by atoms with Crippen molar-refractivity contribution in [2.24, 2.45) is 0 Å². The summed E-state index contributed by atoms with van der Waals surface area (Å²) in [7, 11) is 0. The highest BCUT2D eigenvalue weighted by molar-refractivity contribution is 8.15. The molecule has 2 heterocycles. The van der Waals surface area contributed by atoms with Gasteiger partial charge in [0.25, 0.3) is 5.24 Å². The zero-order valence-electron chi connectivity index (χ0n) is 15.4. The molecule has 1 aromatic heterocycles. The van der Waals surface area contributed by atoms with Crippen LogP contribution in [-0.2, 0) is 11.2 Å². The van der Waals surface area contributed by atoms with Crippen LogP contribution in [0.25, 0.3) is 11.0 Å². The van der Waals surface area contributed by atoms with Gasteiger partial charge in [0, 0.05) is 4.90 Å². The molecule has 1 aliphatic heterocycles. The summed E-state index contributed by atoms with van der Waals surface area (Å²) in [6, 6.07) is 13.7. The fourth-order valence-corrected chi connectivity index (χ4v) is 4.33. The number of ether oxygens (including phenoxy) is 1. The number of amides is 2. The molecule has 0 radical (unpaired) electrons. The molecule has 4 rings (SSSR count). The van der Waals surface area contributed by atoms with Crippen molar-refractivity contribution >= 4 is 45.7 Å². The smallest absolute Gasteiger partial charge is 0.286 e. The molecule has 28 heavy (non-hydrogen) atoms. The molecule has 0 spiro atoms. The number of carbonyl (C=O) groups is 2. The third-order valence-corrected chi connectivity index (χ3v) is 6.22. The van der Waals surface area contributed by atoms with Crippen LogP contribution in [-0.4, -0.2) is 32.6 Å². The lowest BCUT2D eigenvalue weighted by Crippen LogP contribution is -2.25. The summed E-state index contributed by atoms with van der Waals surface area (Å²) in [6.07, 6.45) is 2.33. The predicted octanol–water partition coefficient (Wildman–Crippen LogP) is 4.32. The Morgan fingerprint density at radius 2 is 2.00 bits per heavy atom. The minimum absolute atomic E-state index is 0.224. The van der Waals surface area contributed by atoms with Gasteiger partial charge in [-0.3, -0.25) is 14.9 Å². The first kappa shape index (κ1) is 18.9. The van der Waals surface area contributed by atoms with Crippen molar-refractivity contribution in [2.75, 3.05) is 6.26 Å². The number of hydrogen-bond acceptors (Lipinski definition) is 6. The summed E-state index contributed by atoms with van der Waals surface area (Å²) in [6.45, 7) is 1.95. The molecule has 0 aliphatic carbocycles. The highest BCUT2D eigenvalue weighted by Gasteiger charge is 2.31. The fraction of sp³-hybridized carbons (Fsp3) is 0.250. The number of imide groups is 1. The van der Waals surface area contributed by atoms with Crippen LogP contribution in [0.2, 0.25) is 0 Å². The van der Waals surface area contributed by atoms with Gasteiger partial charge in [-0.15, -0.1) is 11.8 Å². The Bertz CT molecular complexity index is 1030. The first-order chi connectivity index (χ1) is 13.5. The fourth-order valence-electron chi connectivity index (χ4n) is 3.03. The van der Waals surface area contributed by atoms with Gasteiger partial charge in [-0.2, -0.15) is 0 Å².